The predicted octanol–water partition coefficient (Wildman–Crippen LogP) is 2.71. The number of pyridine rings is 2. The predicted molar refractivity (Wildman–Crippen MR) is 72.5 cm³/mol. The van der Waals surface area contributed by atoms with Gasteiger partial charge < -0.3 is 10.1 Å². The number of aryl methyl sites for hydroxylation is 1. The van der Waals surface area contributed by atoms with Crippen molar-refractivity contribution in [1.82, 2.24) is 9.97 Å². The third-order valence-corrected chi connectivity index (χ3v) is 2.58. The second-order valence-corrected chi connectivity index (χ2v) is 3.97. The van der Waals surface area contributed by atoms with Gasteiger partial charge >= 0.3 is 5.97 Å². The molecule has 0 saturated carbocycles. The third kappa shape index (κ3) is 3.28. The zero-order valence-corrected chi connectivity index (χ0v) is 10.9. The zero-order valence-electron chi connectivity index (χ0n) is 10.9. The lowest BCUT2D eigenvalue weighted by molar-refractivity contribution is 0.0526. The fraction of sp³-hybridized carbons (Fsp3) is 0.214. The molecule has 2 aromatic rings. The van der Waals surface area contributed by atoms with Crippen LogP contribution in [0.5, 0.6) is 0 Å². The Balaban J connectivity index is 2.11. The van der Waals surface area contributed by atoms with Gasteiger partial charge in [0.1, 0.15) is 5.82 Å². The first-order chi connectivity index (χ1) is 9.20. The minimum absolute atomic E-state index is 0.355. The molecule has 0 aliphatic carbocycles. The minimum atomic E-state index is -0.362. The van der Waals surface area contributed by atoms with Gasteiger partial charge in [-0.2, -0.15) is 0 Å². The number of rotatable bonds is 4. The SMILES string of the molecule is CCOC(=O)c1ccc(Nc2cnccc2C)nc1. The maximum Gasteiger partial charge on any atom is 0.339 e. The Bertz CT molecular complexity index is 567. The van der Waals surface area contributed by atoms with Gasteiger partial charge in [0.05, 0.1) is 24.1 Å². The van der Waals surface area contributed by atoms with Gasteiger partial charge in [-0.1, -0.05) is 0 Å². The van der Waals surface area contributed by atoms with Crippen LogP contribution in [0.4, 0.5) is 11.5 Å². The summed E-state index contributed by atoms with van der Waals surface area (Å²) in [5, 5.41) is 3.14. The van der Waals surface area contributed by atoms with Crippen molar-refractivity contribution in [1.29, 1.82) is 0 Å². The van der Waals surface area contributed by atoms with Gasteiger partial charge in [0.15, 0.2) is 0 Å². The summed E-state index contributed by atoms with van der Waals surface area (Å²) in [5.74, 6) is 0.295. The highest BCUT2D eigenvalue weighted by Gasteiger charge is 2.07. The topological polar surface area (TPSA) is 64.1 Å². The van der Waals surface area contributed by atoms with Crippen LogP contribution in [-0.4, -0.2) is 22.5 Å². The fourth-order valence-corrected chi connectivity index (χ4v) is 1.54. The third-order valence-electron chi connectivity index (χ3n) is 2.58. The van der Waals surface area contributed by atoms with E-state index in [-0.39, 0.29) is 5.97 Å². The van der Waals surface area contributed by atoms with Gasteiger partial charge in [-0.05, 0) is 37.6 Å². The van der Waals surface area contributed by atoms with Crippen LogP contribution in [0.1, 0.15) is 22.8 Å². The van der Waals surface area contributed by atoms with Crippen LogP contribution in [0.2, 0.25) is 0 Å². The Labute approximate surface area is 111 Å². The van der Waals surface area contributed by atoms with Gasteiger partial charge in [-0.15, -0.1) is 0 Å². The van der Waals surface area contributed by atoms with Crippen LogP contribution >= 0.6 is 0 Å². The van der Waals surface area contributed by atoms with Crippen LogP contribution in [-0.2, 0) is 4.74 Å². The molecule has 19 heavy (non-hydrogen) atoms. The molecular weight excluding hydrogens is 242 g/mol. The van der Waals surface area contributed by atoms with E-state index in [0.29, 0.717) is 18.0 Å². The molecule has 0 radical (unpaired) electrons. The van der Waals surface area contributed by atoms with Crippen LogP contribution in [0.3, 0.4) is 0 Å². The summed E-state index contributed by atoms with van der Waals surface area (Å²) in [6, 6.07) is 5.33. The van der Waals surface area contributed by atoms with Crippen molar-refractivity contribution >= 4 is 17.5 Å². The monoisotopic (exact) mass is 257 g/mol. The molecule has 0 spiro atoms. The van der Waals surface area contributed by atoms with E-state index in [4.69, 9.17) is 4.74 Å². The van der Waals surface area contributed by atoms with Gasteiger partial charge in [0, 0.05) is 12.4 Å². The number of nitrogens with one attached hydrogen (secondary N) is 1. The van der Waals surface area contributed by atoms with Crippen LogP contribution in [0, 0.1) is 6.92 Å². The first-order valence-electron chi connectivity index (χ1n) is 6.01. The molecular formula is C14H15N3O2. The van der Waals surface area contributed by atoms with Crippen molar-refractivity contribution in [3.63, 3.8) is 0 Å². The quantitative estimate of drug-likeness (QED) is 0.853. The van der Waals surface area contributed by atoms with Crippen molar-refractivity contribution in [2.24, 2.45) is 0 Å². The number of hydrogen-bond donors (Lipinski definition) is 1. The second-order valence-electron chi connectivity index (χ2n) is 3.97. The van der Waals surface area contributed by atoms with Crippen LogP contribution < -0.4 is 5.32 Å². The first-order valence-corrected chi connectivity index (χ1v) is 6.01. The fourth-order valence-electron chi connectivity index (χ4n) is 1.54. The molecule has 0 amide bonds. The molecule has 98 valence electrons. The van der Waals surface area contributed by atoms with E-state index in [0.717, 1.165) is 11.3 Å². The largest absolute Gasteiger partial charge is 0.462 e. The van der Waals surface area contributed by atoms with Gasteiger partial charge in [0.2, 0.25) is 0 Å². The van der Waals surface area contributed by atoms with E-state index >= 15 is 0 Å². The summed E-state index contributed by atoms with van der Waals surface area (Å²) in [6.07, 6.45) is 4.96. The normalized spacial score (nSPS) is 10.0. The number of esters is 1. The number of ether oxygens (including phenoxy) is 1. The Morgan fingerprint density at radius 3 is 2.79 bits per heavy atom. The van der Waals surface area contributed by atoms with Crippen LogP contribution in [0.15, 0.2) is 36.8 Å². The second kappa shape index (κ2) is 5.95. The average molecular weight is 257 g/mol. The molecule has 2 aromatic heterocycles. The zero-order chi connectivity index (χ0) is 13.7. The summed E-state index contributed by atoms with van der Waals surface area (Å²) in [4.78, 5) is 19.7. The summed E-state index contributed by atoms with van der Waals surface area (Å²) in [5.41, 5.74) is 2.40. The maximum absolute atomic E-state index is 11.5. The Morgan fingerprint density at radius 2 is 2.16 bits per heavy atom. The molecule has 0 atom stereocenters. The standard InChI is InChI=1S/C14H15N3O2/c1-3-19-14(18)11-4-5-13(16-8-11)17-12-9-15-7-6-10(12)2/h4-9H,3H2,1-2H3,(H,16,17). The number of hydrogen-bond acceptors (Lipinski definition) is 5. The lowest BCUT2D eigenvalue weighted by atomic mass is 10.2. The molecule has 2 heterocycles. The molecule has 0 aromatic carbocycles. The van der Waals surface area contributed by atoms with Crippen molar-refractivity contribution in [2.75, 3.05) is 11.9 Å². The number of aromatic nitrogens is 2. The highest BCUT2D eigenvalue weighted by Crippen LogP contribution is 2.17. The Kier molecular flexibility index (Phi) is 4.07. The van der Waals surface area contributed by atoms with Gasteiger partial charge in [0.25, 0.3) is 0 Å². The maximum atomic E-state index is 11.5. The molecule has 0 unspecified atom stereocenters. The van der Waals surface area contributed by atoms with Gasteiger partial charge in [-0.3, -0.25) is 4.98 Å². The average Bonchev–Trinajstić information content (AvgIpc) is 2.42. The van der Waals surface area contributed by atoms with E-state index in [2.05, 4.69) is 15.3 Å². The summed E-state index contributed by atoms with van der Waals surface area (Å²) < 4.78 is 4.90. The van der Waals surface area contributed by atoms with Crippen molar-refractivity contribution in [3.8, 4) is 0 Å². The lowest BCUT2D eigenvalue weighted by Gasteiger charge is -2.08. The number of nitrogens with zero attached hydrogens (tertiary/aromatic N) is 2. The van der Waals surface area contributed by atoms with E-state index in [1.54, 1.807) is 31.5 Å². The molecule has 5 nitrogen and oxygen atoms in total. The van der Waals surface area contributed by atoms with E-state index in [1.807, 2.05) is 13.0 Å². The Hall–Kier alpha value is -2.43. The lowest BCUT2D eigenvalue weighted by Crippen LogP contribution is -2.05. The highest BCUT2D eigenvalue weighted by molar-refractivity contribution is 5.89. The Morgan fingerprint density at radius 1 is 1.32 bits per heavy atom. The minimum Gasteiger partial charge on any atom is -0.462 e. The summed E-state index contributed by atoms with van der Waals surface area (Å²) in [7, 11) is 0. The molecule has 0 saturated heterocycles. The molecule has 1 N–H and O–H groups in total. The highest BCUT2D eigenvalue weighted by atomic mass is 16.5. The van der Waals surface area contributed by atoms with Crippen molar-refractivity contribution < 1.29 is 9.53 Å². The van der Waals surface area contributed by atoms with E-state index < -0.39 is 0 Å². The van der Waals surface area contributed by atoms with E-state index in [9.17, 15) is 4.79 Å². The summed E-state index contributed by atoms with van der Waals surface area (Å²) >= 11 is 0. The van der Waals surface area contributed by atoms with E-state index in [1.165, 1.54) is 6.20 Å². The number of anilines is 2. The summed E-state index contributed by atoms with van der Waals surface area (Å²) in [6.45, 7) is 4.11. The van der Waals surface area contributed by atoms with Gasteiger partial charge in [-0.25, -0.2) is 9.78 Å². The van der Waals surface area contributed by atoms with Crippen molar-refractivity contribution in [2.45, 2.75) is 13.8 Å². The number of carbonyl (C=O) groups excluding carboxylic acids is 1. The van der Waals surface area contributed by atoms with Crippen molar-refractivity contribution in [3.05, 3.63) is 47.9 Å². The number of carbonyl (C=O) groups is 1. The molecule has 2 rings (SSSR count). The first kappa shape index (κ1) is 13.0. The molecule has 0 fully saturated rings. The molecule has 0 aliphatic heterocycles. The smallest absolute Gasteiger partial charge is 0.339 e. The molecule has 5 heteroatoms. The molecule has 0 aliphatic rings. The molecule has 0 bridgehead atoms. The van der Waals surface area contributed by atoms with Crippen LogP contribution in [0.25, 0.3) is 0 Å².